The molecule has 0 saturated heterocycles. The first-order valence-electron chi connectivity index (χ1n) is 4.20. The second-order valence-electron chi connectivity index (χ2n) is 3.00. The maximum Gasteiger partial charge on any atom is 0.416 e. The fourth-order valence-corrected chi connectivity index (χ4v) is 1.43. The summed E-state index contributed by atoms with van der Waals surface area (Å²) in [6, 6.07) is 1.86. The molecule has 0 bridgehead atoms. The monoisotopic (exact) mass is 291 g/mol. The molecule has 16 heavy (non-hydrogen) atoms. The van der Waals surface area contributed by atoms with Crippen molar-refractivity contribution in [1.29, 1.82) is 0 Å². The number of nitrogens with zero attached hydrogens (tertiary/aromatic N) is 3. The van der Waals surface area contributed by atoms with E-state index in [0.29, 0.717) is 4.47 Å². The van der Waals surface area contributed by atoms with E-state index in [1.807, 2.05) is 0 Å². The Kier molecular flexibility index (Phi) is 2.71. The highest BCUT2D eigenvalue weighted by molar-refractivity contribution is 9.10. The fourth-order valence-electron chi connectivity index (χ4n) is 1.15. The van der Waals surface area contributed by atoms with Crippen molar-refractivity contribution < 1.29 is 13.2 Å². The average Bonchev–Trinajstić information content (AvgIpc) is 2.64. The SMILES string of the molecule is FC(F)(F)c1ccnc(-n2cc(Br)cn2)c1. The van der Waals surface area contributed by atoms with Crippen LogP contribution in [0.15, 0.2) is 35.2 Å². The molecule has 0 radical (unpaired) electrons. The molecule has 2 aromatic heterocycles. The minimum absolute atomic E-state index is 0.125. The zero-order valence-electron chi connectivity index (χ0n) is 7.74. The molecule has 0 unspecified atom stereocenters. The molecule has 0 aliphatic carbocycles. The van der Waals surface area contributed by atoms with Crippen molar-refractivity contribution in [1.82, 2.24) is 14.8 Å². The largest absolute Gasteiger partial charge is 0.416 e. The van der Waals surface area contributed by atoms with Crippen LogP contribution in [0.1, 0.15) is 5.56 Å². The lowest BCUT2D eigenvalue weighted by Crippen LogP contribution is -2.07. The van der Waals surface area contributed by atoms with Crippen LogP contribution in [0.25, 0.3) is 5.82 Å². The average molecular weight is 292 g/mol. The number of alkyl halides is 3. The molecule has 2 rings (SSSR count). The Bertz CT molecular complexity index is 507. The molecule has 0 saturated carbocycles. The standard InChI is InChI=1S/C9H5BrF3N3/c10-7-4-15-16(5-7)8-3-6(1-2-14-8)9(11,12)13/h1-5H. The third-order valence-electron chi connectivity index (χ3n) is 1.86. The van der Waals surface area contributed by atoms with Gasteiger partial charge >= 0.3 is 6.18 Å². The van der Waals surface area contributed by atoms with Crippen LogP contribution in [0, 0.1) is 0 Å². The van der Waals surface area contributed by atoms with E-state index in [0.717, 1.165) is 18.3 Å². The number of halogens is 4. The van der Waals surface area contributed by atoms with Crippen molar-refractivity contribution >= 4 is 15.9 Å². The second-order valence-corrected chi connectivity index (χ2v) is 3.92. The smallest absolute Gasteiger partial charge is 0.237 e. The zero-order chi connectivity index (χ0) is 11.8. The van der Waals surface area contributed by atoms with E-state index in [-0.39, 0.29) is 5.82 Å². The van der Waals surface area contributed by atoms with Gasteiger partial charge in [-0.15, -0.1) is 0 Å². The lowest BCUT2D eigenvalue weighted by molar-refractivity contribution is -0.137. The molecule has 0 N–H and O–H groups in total. The van der Waals surface area contributed by atoms with E-state index >= 15 is 0 Å². The zero-order valence-corrected chi connectivity index (χ0v) is 9.33. The molecule has 3 nitrogen and oxygen atoms in total. The van der Waals surface area contributed by atoms with Crippen LogP contribution in [0.4, 0.5) is 13.2 Å². The number of rotatable bonds is 1. The summed E-state index contributed by atoms with van der Waals surface area (Å²) in [6.07, 6.45) is -0.264. The molecule has 84 valence electrons. The first-order chi connectivity index (χ1) is 7.47. The summed E-state index contributed by atoms with van der Waals surface area (Å²) in [6.45, 7) is 0. The summed E-state index contributed by atoms with van der Waals surface area (Å²) in [5.74, 6) is 0.125. The first kappa shape index (κ1) is 11.1. The number of hydrogen-bond donors (Lipinski definition) is 0. The van der Waals surface area contributed by atoms with Crippen molar-refractivity contribution in [3.05, 3.63) is 40.8 Å². The van der Waals surface area contributed by atoms with Crippen LogP contribution >= 0.6 is 15.9 Å². The molecule has 0 spiro atoms. The Morgan fingerprint density at radius 3 is 2.62 bits per heavy atom. The molecule has 0 aliphatic heterocycles. The quantitative estimate of drug-likeness (QED) is 0.808. The van der Waals surface area contributed by atoms with Crippen molar-refractivity contribution in [2.24, 2.45) is 0 Å². The number of pyridine rings is 1. The molecule has 0 aliphatic rings. The third-order valence-corrected chi connectivity index (χ3v) is 2.27. The van der Waals surface area contributed by atoms with Gasteiger partial charge in [0.25, 0.3) is 0 Å². The molecule has 2 aromatic rings. The Morgan fingerprint density at radius 2 is 2.06 bits per heavy atom. The van der Waals surface area contributed by atoms with Crippen LogP contribution in [0.3, 0.4) is 0 Å². The van der Waals surface area contributed by atoms with E-state index in [4.69, 9.17) is 0 Å². The number of hydrogen-bond acceptors (Lipinski definition) is 2. The summed E-state index contributed by atoms with van der Waals surface area (Å²) in [5.41, 5.74) is -0.746. The molecular formula is C9H5BrF3N3. The minimum atomic E-state index is -4.37. The van der Waals surface area contributed by atoms with Crippen LogP contribution in [0.2, 0.25) is 0 Å². The van der Waals surface area contributed by atoms with E-state index < -0.39 is 11.7 Å². The predicted octanol–water partition coefficient (Wildman–Crippen LogP) is 3.05. The number of aromatic nitrogens is 3. The Balaban J connectivity index is 2.44. The van der Waals surface area contributed by atoms with Crippen molar-refractivity contribution in [3.63, 3.8) is 0 Å². The van der Waals surface area contributed by atoms with E-state index in [2.05, 4.69) is 26.0 Å². The first-order valence-corrected chi connectivity index (χ1v) is 5.00. The van der Waals surface area contributed by atoms with Gasteiger partial charge in [0.05, 0.1) is 16.2 Å². The van der Waals surface area contributed by atoms with Gasteiger partial charge < -0.3 is 0 Å². The maximum absolute atomic E-state index is 12.4. The van der Waals surface area contributed by atoms with Crippen molar-refractivity contribution in [3.8, 4) is 5.82 Å². The van der Waals surface area contributed by atoms with Crippen LogP contribution in [0.5, 0.6) is 0 Å². The lowest BCUT2D eigenvalue weighted by Gasteiger charge is -2.07. The minimum Gasteiger partial charge on any atom is -0.237 e. The molecule has 0 amide bonds. The van der Waals surface area contributed by atoms with E-state index in [9.17, 15) is 13.2 Å². The molecule has 0 fully saturated rings. The molecule has 0 atom stereocenters. The Labute approximate surface area is 97.0 Å². The van der Waals surface area contributed by atoms with Crippen LogP contribution < -0.4 is 0 Å². The maximum atomic E-state index is 12.4. The van der Waals surface area contributed by atoms with Gasteiger partial charge in [-0.1, -0.05) is 0 Å². The molecule has 7 heteroatoms. The molecule has 2 heterocycles. The highest BCUT2D eigenvalue weighted by atomic mass is 79.9. The summed E-state index contributed by atoms with van der Waals surface area (Å²) < 4.78 is 39.2. The van der Waals surface area contributed by atoms with Gasteiger partial charge in [-0.05, 0) is 28.1 Å². The summed E-state index contributed by atoms with van der Waals surface area (Å²) in [7, 11) is 0. The summed E-state index contributed by atoms with van der Waals surface area (Å²) in [4.78, 5) is 3.82. The van der Waals surface area contributed by atoms with Crippen LogP contribution in [-0.2, 0) is 6.18 Å². The van der Waals surface area contributed by atoms with Gasteiger partial charge in [-0.2, -0.15) is 18.3 Å². The van der Waals surface area contributed by atoms with Crippen molar-refractivity contribution in [2.75, 3.05) is 0 Å². The molecular weight excluding hydrogens is 287 g/mol. The fraction of sp³-hybridized carbons (Fsp3) is 0.111. The second kappa shape index (κ2) is 3.89. The van der Waals surface area contributed by atoms with E-state index in [1.54, 1.807) is 0 Å². The lowest BCUT2D eigenvalue weighted by atomic mass is 10.2. The van der Waals surface area contributed by atoms with Crippen molar-refractivity contribution in [2.45, 2.75) is 6.18 Å². The highest BCUT2D eigenvalue weighted by Gasteiger charge is 2.30. The van der Waals surface area contributed by atoms with Gasteiger partial charge in [0, 0.05) is 12.4 Å². The van der Waals surface area contributed by atoms with E-state index in [1.165, 1.54) is 17.1 Å². The van der Waals surface area contributed by atoms with Gasteiger partial charge in [0.2, 0.25) is 0 Å². The normalized spacial score (nSPS) is 11.8. The molecule has 0 aromatic carbocycles. The van der Waals surface area contributed by atoms with Gasteiger partial charge in [0.15, 0.2) is 5.82 Å². The third kappa shape index (κ3) is 2.24. The Morgan fingerprint density at radius 1 is 1.31 bits per heavy atom. The topological polar surface area (TPSA) is 30.7 Å². The summed E-state index contributed by atoms with van der Waals surface area (Å²) in [5, 5.41) is 3.85. The van der Waals surface area contributed by atoms with Crippen LogP contribution in [-0.4, -0.2) is 14.8 Å². The summed E-state index contributed by atoms with van der Waals surface area (Å²) >= 11 is 3.15. The van der Waals surface area contributed by atoms with Gasteiger partial charge in [-0.3, -0.25) is 0 Å². The van der Waals surface area contributed by atoms with Gasteiger partial charge in [-0.25, -0.2) is 9.67 Å². The predicted molar refractivity (Wildman–Crippen MR) is 54.1 cm³/mol. The van der Waals surface area contributed by atoms with Gasteiger partial charge in [0.1, 0.15) is 0 Å². The Hall–Kier alpha value is -1.37. The highest BCUT2D eigenvalue weighted by Crippen LogP contribution is 2.29.